The first kappa shape index (κ1) is 39.9. The molecule has 5 atom stereocenters. The van der Waals surface area contributed by atoms with E-state index in [1.807, 2.05) is 54.4 Å². The number of oxazole rings is 1. The van der Waals surface area contributed by atoms with Crippen LogP contribution in [0.2, 0.25) is 0 Å². The summed E-state index contributed by atoms with van der Waals surface area (Å²) in [5, 5.41) is 28.3. The van der Waals surface area contributed by atoms with E-state index in [0.29, 0.717) is 40.9 Å². The number of aliphatic hydroxyl groups excluding tert-OH is 2. The number of β-amino-alcohol motifs (C(OH)–C–C–N with tert-alkyl or cyclic N) is 1. The van der Waals surface area contributed by atoms with Gasteiger partial charge in [0, 0.05) is 61.2 Å². The first-order valence-corrected chi connectivity index (χ1v) is 18.8. The molecule has 0 aliphatic carbocycles. The van der Waals surface area contributed by atoms with Crippen LogP contribution < -0.4 is 15.4 Å². The first-order chi connectivity index (χ1) is 27.2. The van der Waals surface area contributed by atoms with E-state index in [-0.39, 0.29) is 39.1 Å². The van der Waals surface area contributed by atoms with Crippen LogP contribution in [0.3, 0.4) is 0 Å². The molecule has 302 valence electrons. The van der Waals surface area contributed by atoms with Gasteiger partial charge in [0.05, 0.1) is 30.1 Å². The molecule has 1 fully saturated rings. The molecule has 5 aromatic rings. The third-order valence-electron chi connectivity index (χ3n) is 10.7. The van der Waals surface area contributed by atoms with E-state index in [2.05, 4.69) is 15.3 Å². The number of alkyl halides is 3. The van der Waals surface area contributed by atoms with Crippen molar-refractivity contribution >= 4 is 22.8 Å². The molecule has 2 aliphatic heterocycles. The van der Waals surface area contributed by atoms with Gasteiger partial charge in [-0.3, -0.25) is 24.4 Å². The van der Waals surface area contributed by atoms with E-state index in [9.17, 15) is 33.0 Å². The van der Waals surface area contributed by atoms with E-state index in [1.54, 1.807) is 59.9 Å². The number of benzene rings is 2. The maximum absolute atomic E-state index is 14.1. The molecule has 0 unspecified atom stereocenters. The monoisotopic (exact) mass is 790 g/mol. The molecule has 2 aromatic carbocycles. The smallest absolute Gasteiger partial charge is 0.405 e. The number of furan rings is 1. The molecule has 4 N–H and O–H groups in total. The molecule has 57 heavy (non-hydrogen) atoms. The van der Waals surface area contributed by atoms with Crippen molar-refractivity contribution in [3.63, 3.8) is 0 Å². The number of nitrogens with one attached hydrogen (secondary N) is 2. The fourth-order valence-electron chi connectivity index (χ4n) is 7.56. The molecular formula is C41H45F3N6O7. The Hall–Kier alpha value is -5.29. The topological polar surface area (TPSA) is 166 Å². The van der Waals surface area contributed by atoms with Gasteiger partial charge >= 0.3 is 6.18 Å². The summed E-state index contributed by atoms with van der Waals surface area (Å²) < 4.78 is 57.7. The number of carbonyl (C=O) groups is 2. The molecule has 0 saturated carbocycles. The zero-order valence-corrected chi connectivity index (χ0v) is 31.5. The molecule has 16 heteroatoms. The van der Waals surface area contributed by atoms with Crippen LogP contribution in [0, 0.1) is 5.92 Å². The Morgan fingerprint density at radius 2 is 1.79 bits per heavy atom. The highest BCUT2D eigenvalue weighted by Gasteiger charge is 2.43. The summed E-state index contributed by atoms with van der Waals surface area (Å²) in [6.45, 7) is 2.65. The average molecular weight is 791 g/mol. The lowest BCUT2D eigenvalue weighted by molar-refractivity contribution is -0.145. The molecular weight excluding hydrogens is 745 g/mol. The predicted octanol–water partition coefficient (Wildman–Crippen LogP) is 4.60. The quantitative estimate of drug-likeness (QED) is 0.132. The maximum Gasteiger partial charge on any atom is 0.405 e. The Kier molecular flexibility index (Phi) is 11.7. The van der Waals surface area contributed by atoms with Crippen molar-refractivity contribution in [3.8, 4) is 17.1 Å². The third kappa shape index (κ3) is 9.31. The van der Waals surface area contributed by atoms with Crippen LogP contribution in [-0.4, -0.2) is 106 Å². The lowest BCUT2D eigenvalue weighted by Crippen LogP contribution is -2.63. The second-order valence-corrected chi connectivity index (χ2v) is 15.1. The second-order valence-electron chi connectivity index (χ2n) is 15.1. The Morgan fingerprint density at radius 3 is 2.56 bits per heavy atom. The molecule has 5 heterocycles. The van der Waals surface area contributed by atoms with E-state index in [0.717, 1.165) is 10.9 Å². The fourth-order valence-corrected chi connectivity index (χ4v) is 7.56. The Balaban J connectivity index is 1.10. The molecule has 2 aliphatic rings. The molecule has 0 bridgehead atoms. The van der Waals surface area contributed by atoms with Crippen LogP contribution >= 0.6 is 0 Å². The molecule has 13 nitrogen and oxygen atoms in total. The van der Waals surface area contributed by atoms with Crippen molar-refractivity contribution in [2.45, 2.75) is 62.7 Å². The molecule has 0 radical (unpaired) electrons. The van der Waals surface area contributed by atoms with E-state index >= 15 is 0 Å². The summed E-state index contributed by atoms with van der Waals surface area (Å²) in [4.78, 5) is 39.8. The lowest BCUT2D eigenvalue weighted by Gasteiger charge is -2.46. The summed E-state index contributed by atoms with van der Waals surface area (Å²) in [5.41, 5.74) is 1.09. The SMILES string of the molecule is CC(C)(c1ncc(-c2ccccc2)o1)N1CCN(C[C@@H](O)C[C@H](Cc2cc3ccncc3o2)C(=O)N[C@H]2c3ccccc3OC[C@H]2O)[C@H](C(=O)NCC(F)(F)F)C1. The van der Waals surface area contributed by atoms with Crippen molar-refractivity contribution in [2.24, 2.45) is 5.92 Å². The van der Waals surface area contributed by atoms with E-state index in [1.165, 1.54) is 0 Å². The van der Waals surface area contributed by atoms with Crippen LogP contribution in [0.25, 0.3) is 22.3 Å². The number of para-hydroxylation sites is 1. The Morgan fingerprint density at radius 1 is 1.02 bits per heavy atom. The largest absolute Gasteiger partial charge is 0.490 e. The van der Waals surface area contributed by atoms with Crippen molar-refractivity contribution in [3.05, 3.63) is 103 Å². The molecule has 1 saturated heterocycles. The van der Waals surface area contributed by atoms with Gasteiger partial charge in [0.25, 0.3) is 0 Å². The highest BCUT2D eigenvalue weighted by molar-refractivity contribution is 5.82. The van der Waals surface area contributed by atoms with Crippen LogP contribution in [0.5, 0.6) is 5.75 Å². The number of rotatable bonds is 13. The fraction of sp³-hybridized carbons (Fsp3) is 0.415. The second kappa shape index (κ2) is 16.7. The molecule has 3 aromatic heterocycles. The Bertz CT molecular complexity index is 2130. The van der Waals surface area contributed by atoms with Gasteiger partial charge in [0.1, 0.15) is 36.8 Å². The lowest BCUT2D eigenvalue weighted by atomic mass is 9.92. The van der Waals surface area contributed by atoms with Gasteiger partial charge in [-0.15, -0.1) is 0 Å². The summed E-state index contributed by atoms with van der Waals surface area (Å²) in [6, 6.07) is 18.2. The number of pyridine rings is 1. The van der Waals surface area contributed by atoms with Gasteiger partial charge < -0.3 is 34.4 Å². The van der Waals surface area contributed by atoms with Crippen molar-refractivity contribution in [2.75, 3.05) is 39.3 Å². The van der Waals surface area contributed by atoms with Crippen LogP contribution in [0.1, 0.15) is 43.5 Å². The maximum atomic E-state index is 14.1. The van der Waals surface area contributed by atoms with Gasteiger partial charge in [0.2, 0.25) is 17.7 Å². The number of hydrogen-bond donors (Lipinski definition) is 4. The first-order valence-electron chi connectivity index (χ1n) is 18.8. The van der Waals surface area contributed by atoms with Crippen LogP contribution in [0.4, 0.5) is 13.2 Å². The van der Waals surface area contributed by atoms with Gasteiger partial charge in [-0.05, 0) is 38.5 Å². The number of aromatic nitrogens is 2. The number of aliphatic hydroxyl groups is 2. The van der Waals surface area contributed by atoms with Crippen molar-refractivity contribution in [1.82, 2.24) is 30.4 Å². The molecule has 2 amide bonds. The number of hydrogen-bond acceptors (Lipinski definition) is 11. The normalized spacial score (nSPS) is 20.4. The summed E-state index contributed by atoms with van der Waals surface area (Å²) in [7, 11) is 0. The minimum Gasteiger partial charge on any atom is -0.490 e. The van der Waals surface area contributed by atoms with Crippen LogP contribution in [0.15, 0.2) is 94.2 Å². The summed E-state index contributed by atoms with van der Waals surface area (Å²) in [6.07, 6.45) is -2.09. The Labute approximate surface area is 326 Å². The number of nitrogens with zero attached hydrogens (tertiary/aromatic N) is 4. The zero-order chi connectivity index (χ0) is 40.3. The van der Waals surface area contributed by atoms with Gasteiger partial charge in [-0.2, -0.15) is 13.2 Å². The summed E-state index contributed by atoms with van der Waals surface area (Å²) in [5.74, 6) is -0.260. The predicted molar refractivity (Wildman–Crippen MR) is 202 cm³/mol. The van der Waals surface area contributed by atoms with E-state index < -0.39 is 60.3 Å². The molecule has 7 rings (SSSR count). The number of halogens is 3. The highest BCUT2D eigenvalue weighted by atomic mass is 19.4. The average Bonchev–Trinajstić information content (AvgIpc) is 3.86. The minimum absolute atomic E-state index is 0.00441. The standard InChI is InChI=1S/C41H45F3N6O7/c1-40(2,39-46-20-35(57-39)25-8-4-3-5-9-25)50-15-14-49(31(22-50)38(54)47-24-41(42,43)44)21-28(51)16-27(18-29-17-26-12-13-45-19-34(26)56-29)37(53)48-36-30-10-6-7-11-33(30)55-23-32(36)52/h3-13,17,19-20,27-28,31-32,36,51-52H,14-16,18,21-24H2,1-2H3,(H,47,54)(H,48,53)/t27-,28+,31+,32-,36+/m1/s1. The number of piperazine rings is 1. The van der Waals surface area contributed by atoms with Crippen LogP contribution in [-0.2, 0) is 21.5 Å². The van der Waals surface area contributed by atoms with Crippen molar-refractivity contribution in [1.29, 1.82) is 0 Å². The van der Waals surface area contributed by atoms with Gasteiger partial charge in [-0.25, -0.2) is 4.98 Å². The highest BCUT2D eigenvalue weighted by Crippen LogP contribution is 2.35. The zero-order valence-electron chi connectivity index (χ0n) is 31.5. The number of amides is 2. The van der Waals surface area contributed by atoms with E-state index in [4.69, 9.17) is 13.6 Å². The summed E-state index contributed by atoms with van der Waals surface area (Å²) >= 11 is 0. The number of ether oxygens (including phenoxy) is 1. The number of fused-ring (bicyclic) bond motifs is 2. The van der Waals surface area contributed by atoms with Gasteiger partial charge in [0.15, 0.2) is 11.3 Å². The molecule has 0 spiro atoms. The third-order valence-corrected chi connectivity index (χ3v) is 10.7. The number of carbonyl (C=O) groups excluding carboxylic acids is 2. The van der Waals surface area contributed by atoms with Gasteiger partial charge in [-0.1, -0.05) is 48.5 Å². The minimum atomic E-state index is -4.63. The van der Waals surface area contributed by atoms with Crippen molar-refractivity contribution < 1.29 is 46.5 Å².